The molecule has 0 radical (unpaired) electrons. The lowest BCUT2D eigenvalue weighted by atomic mass is 9.92. The van der Waals surface area contributed by atoms with Gasteiger partial charge in [0.2, 0.25) is 0 Å². The van der Waals surface area contributed by atoms with Gasteiger partial charge >= 0.3 is 6.03 Å². The molecule has 1 N–H and O–H groups in total. The fraction of sp³-hybridized carbons (Fsp3) is 0.500. The Hall–Kier alpha value is -1.88. The molecule has 0 aromatic heterocycles. The molecule has 1 heterocycles. The SMILES string of the molecule is CC(C)OCCN1C(=O)NC2(CCc3ccccc32)C1=O. The molecule has 112 valence electrons. The lowest BCUT2D eigenvalue weighted by molar-refractivity contribution is -0.132. The van der Waals surface area contributed by atoms with Gasteiger partial charge < -0.3 is 10.1 Å². The monoisotopic (exact) mass is 288 g/mol. The predicted molar refractivity (Wildman–Crippen MR) is 77.8 cm³/mol. The molecule has 0 bridgehead atoms. The molecule has 3 amide bonds. The first-order chi connectivity index (χ1) is 10.0. The van der Waals surface area contributed by atoms with Crippen molar-refractivity contribution in [1.29, 1.82) is 0 Å². The summed E-state index contributed by atoms with van der Waals surface area (Å²) >= 11 is 0. The molecule has 1 aromatic carbocycles. The maximum atomic E-state index is 12.8. The summed E-state index contributed by atoms with van der Waals surface area (Å²) in [5, 5.41) is 2.91. The molecule has 1 saturated heterocycles. The quantitative estimate of drug-likeness (QED) is 0.860. The van der Waals surface area contributed by atoms with Crippen LogP contribution in [0.2, 0.25) is 0 Å². The molecule has 1 fully saturated rings. The normalized spacial score (nSPS) is 24.0. The Morgan fingerprint density at radius 1 is 1.33 bits per heavy atom. The third-order valence-electron chi connectivity index (χ3n) is 4.19. The third kappa shape index (κ3) is 2.21. The van der Waals surface area contributed by atoms with Crippen molar-refractivity contribution in [3.8, 4) is 0 Å². The summed E-state index contributed by atoms with van der Waals surface area (Å²) in [7, 11) is 0. The van der Waals surface area contributed by atoms with E-state index in [9.17, 15) is 9.59 Å². The second-order valence-corrected chi connectivity index (χ2v) is 5.87. The van der Waals surface area contributed by atoms with E-state index in [-0.39, 0.29) is 18.0 Å². The molecule has 1 aromatic rings. The van der Waals surface area contributed by atoms with Gasteiger partial charge in [-0.3, -0.25) is 9.69 Å². The molecule has 1 atom stereocenters. The Morgan fingerprint density at radius 3 is 2.86 bits per heavy atom. The second-order valence-electron chi connectivity index (χ2n) is 5.87. The van der Waals surface area contributed by atoms with Crippen LogP contribution in [0.1, 0.15) is 31.4 Å². The number of carbonyl (C=O) groups is 2. The van der Waals surface area contributed by atoms with Gasteiger partial charge in [-0.15, -0.1) is 0 Å². The zero-order valence-corrected chi connectivity index (χ0v) is 12.4. The van der Waals surface area contributed by atoms with Crippen LogP contribution in [0.3, 0.4) is 0 Å². The molecule has 5 nitrogen and oxygen atoms in total. The Bertz CT molecular complexity index is 585. The van der Waals surface area contributed by atoms with E-state index in [0.29, 0.717) is 19.6 Å². The maximum absolute atomic E-state index is 12.8. The van der Waals surface area contributed by atoms with E-state index < -0.39 is 5.54 Å². The smallest absolute Gasteiger partial charge is 0.325 e. The summed E-state index contributed by atoms with van der Waals surface area (Å²) < 4.78 is 5.45. The van der Waals surface area contributed by atoms with Gasteiger partial charge in [-0.1, -0.05) is 24.3 Å². The number of nitrogens with one attached hydrogen (secondary N) is 1. The third-order valence-corrected chi connectivity index (χ3v) is 4.19. The molecule has 1 spiro atoms. The van der Waals surface area contributed by atoms with Crippen molar-refractivity contribution in [2.45, 2.75) is 38.3 Å². The van der Waals surface area contributed by atoms with Crippen molar-refractivity contribution in [2.24, 2.45) is 0 Å². The highest BCUT2D eigenvalue weighted by Crippen LogP contribution is 2.41. The molecule has 5 heteroatoms. The average molecular weight is 288 g/mol. The molecule has 1 unspecified atom stereocenters. The standard InChI is InChI=1S/C16H20N2O3/c1-11(2)21-10-9-18-14(19)16(17-15(18)20)8-7-12-5-3-4-6-13(12)16/h3-6,11H,7-10H2,1-2H3,(H,17,20). The minimum Gasteiger partial charge on any atom is -0.377 e. The predicted octanol–water partition coefficient (Wildman–Crippen LogP) is 1.80. The Morgan fingerprint density at radius 2 is 2.10 bits per heavy atom. The zero-order chi connectivity index (χ0) is 15.0. The number of hydrogen-bond donors (Lipinski definition) is 1. The maximum Gasteiger partial charge on any atom is 0.325 e. The van der Waals surface area contributed by atoms with Crippen molar-refractivity contribution in [2.75, 3.05) is 13.2 Å². The largest absolute Gasteiger partial charge is 0.377 e. The number of nitrogens with zero attached hydrogens (tertiary/aromatic N) is 1. The van der Waals surface area contributed by atoms with Gasteiger partial charge in [0.1, 0.15) is 5.54 Å². The van der Waals surface area contributed by atoms with E-state index in [2.05, 4.69) is 5.32 Å². The molecular formula is C16H20N2O3. The highest BCUT2D eigenvalue weighted by atomic mass is 16.5. The van der Waals surface area contributed by atoms with Crippen molar-refractivity contribution >= 4 is 11.9 Å². The van der Waals surface area contributed by atoms with E-state index >= 15 is 0 Å². The number of hydrogen-bond acceptors (Lipinski definition) is 3. The van der Waals surface area contributed by atoms with Crippen LogP contribution in [0.15, 0.2) is 24.3 Å². The molecular weight excluding hydrogens is 268 g/mol. The van der Waals surface area contributed by atoms with Crippen LogP contribution in [0.4, 0.5) is 4.79 Å². The topological polar surface area (TPSA) is 58.6 Å². The van der Waals surface area contributed by atoms with E-state index in [4.69, 9.17) is 4.74 Å². The summed E-state index contributed by atoms with van der Waals surface area (Å²) in [6, 6.07) is 7.52. The average Bonchev–Trinajstić information content (AvgIpc) is 2.93. The van der Waals surface area contributed by atoms with Gasteiger partial charge in [0, 0.05) is 0 Å². The zero-order valence-electron chi connectivity index (χ0n) is 12.4. The van der Waals surface area contributed by atoms with Gasteiger partial charge in [-0.25, -0.2) is 4.79 Å². The number of ether oxygens (including phenoxy) is 1. The van der Waals surface area contributed by atoms with Crippen LogP contribution in [0.25, 0.3) is 0 Å². The first kappa shape index (κ1) is 14.1. The van der Waals surface area contributed by atoms with Crippen molar-refractivity contribution in [3.63, 3.8) is 0 Å². The van der Waals surface area contributed by atoms with Crippen LogP contribution >= 0.6 is 0 Å². The lowest BCUT2D eigenvalue weighted by Crippen LogP contribution is -2.42. The molecule has 0 saturated carbocycles. The summed E-state index contributed by atoms with van der Waals surface area (Å²) in [6.07, 6.45) is 1.55. The fourth-order valence-corrected chi connectivity index (χ4v) is 3.17. The highest BCUT2D eigenvalue weighted by Gasteiger charge is 2.54. The summed E-state index contributed by atoms with van der Waals surface area (Å²) in [5.74, 6) is -0.148. The summed E-state index contributed by atoms with van der Waals surface area (Å²) in [6.45, 7) is 4.53. The number of fused-ring (bicyclic) bond motifs is 2. The number of urea groups is 1. The second kappa shape index (κ2) is 5.15. The van der Waals surface area contributed by atoms with Gasteiger partial charge in [-0.05, 0) is 37.8 Å². The number of rotatable bonds is 4. The number of aryl methyl sites for hydroxylation is 1. The summed E-state index contributed by atoms with van der Waals surface area (Å²) in [5.41, 5.74) is 1.23. The Kier molecular flexibility index (Phi) is 3.45. The van der Waals surface area contributed by atoms with Gasteiger partial charge in [0.15, 0.2) is 0 Å². The van der Waals surface area contributed by atoms with E-state index in [1.54, 1.807) is 0 Å². The van der Waals surface area contributed by atoms with Crippen molar-refractivity contribution in [3.05, 3.63) is 35.4 Å². The first-order valence-corrected chi connectivity index (χ1v) is 7.39. The van der Waals surface area contributed by atoms with Gasteiger partial charge in [0.05, 0.1) is 19.3 Å². The van der Waals surface area contributed by atoms with Crippen molar-refractivity contribution in [1.82, 2.24) is 10.2 Å². The molecule has 1 aliphatic carbocycles. The molecule has 3 rings (SSSR count). The Labute approximate surface area is 124 Å². The van der Waals surface area contributed by atoms with Crippen LogP contribution in [-0.2, 0) is 21.5 Å². The van der Waals surface area contributed by atoms with Gasteiger partial charge in [-0.2, -0.15) is 0 Å². The minimum absolute atomic E-state index is 0.0898. The minimum atomic E-state index is -0.856. The lowest BCUT2D eigenvalue weighted by Gasteiger charge is -2.22. The van der Waals surface area contributed by atoms with E-state index in [0.717, 1.165) is 17.5 Å². The molecule has 21 heavy (non-hydrogen) atoms. The number of benzene rings is 1. The van der Waals surface area contributed by atoms with Crippen LogP contribution < -0.4 is 5.32 Å². The summed E-state index contributed by atoms with van der Waals surface area (Å²) in [4.78, 5) is 26.2. The fourth-order valence-electron chi connectivity index (χ4n) is 3.17. The van der Waals surface area contributed by atoms with Crippen molar-refractivity contribution < 1.29 is 14.3 Å². The highest BCUT2D eigenvalue weighted by molar-refractivity contribution is 6.08. The van der Waals surface area contributed by atoms with Crippen LogP contribution in [0.5, 0.6) is 0 Å². The molecule has 1 aliphatic heterocycles. The van der Waals surface area contributed by atoms with Gasteiger partial charge in [0.25, 0.3) is 5.91 Å². The van der Waals surface area contributed by atoms with E-state index in [1.165, 1.54) is 4.90 Å². The number of amides is 3. The van der Waals surface area contributed by atoms with Crippen LogP contribution in [-0.4, -0.2) is 36.1 Å². The first-order valence-electron chi connectivity index (χ1n) is 7.39. The Balaban J connectivity index is 1.81. The van der Waals surface area contributed by atoms with E-state index in [1.807, 2.05) is 38.1 Å². The number of imide groups is 1. The number of carbonyl (C=O) groups excluding carboxylic acids is 2. The molecule has 2 aliphatic rings. The van der Waals surface area contributed by atoms with Crippen LogP contribution in [0, 0.1) is 0 Å².